The van der Waals surface area contributed by atoms with E-state index in [2.05, 4.69) is 30.0 Å². The monoisotopic (exact) mass is 424 g/mol. The molecule has 1 aromatic carbocycles. The number of likely N-dealkylation sites (N-methyl/N-ethyl adjacent to an activating group) is 1. The van der Waals surface area contributed by atoms with Crippen molar-refractivity contribution in [3.05, 3.63) is 35.5 Å². The molecule has 2 saturated heterocycles. The van der Waals surface area contributed by atoms with Gasteiger partial charge in [0.15, 0.2) is 0 Å². The van der Waals surface area contributed by atoms with Gasteiger partial charge in [0, 0.05) is 51.2 Å². The van der Waals surface area contributed by atoms with Crippen LogP contribution in [0.25, 0.3) is 10.9 Å². The zero-order valence-electron chi connectivity index (χ0n) is 19.4. The van der Waals surface area contributed by atoms with E-state index in [4.69, 9.17) is 0 Å². The Labute approximate surface area is 185 Å². The average Bonchev–Trinajstić information content (AvgIpc) is 3.09. The maximum absolute atomic E-state index is 13.3. The third kappa shape index (κ3) is 4.49. The summed E-state index contributed by atoms with van der Waals surface area (Å²) in [7, 11) is 5.65. The Hall–Kier alpha value is -2.34. The Bertz CT molecular complexity index is 956. The standard InChI is InChI=1S/C25H36N4O2/c1-18-8-9-21-20(15-18)16-23(27(21)4)25(31)28-13-10-19(11-14-28)22-7-5-6-12-29(22)17-24(30)26(2)3/h8-9,15-16,19,22H,5-7,10-14,17H2,1-4H3/t22-/m1/s1. The zero-order chi connectivity index (χ0) is 22.1. The number of nitrogens with zero attached hydrogens (tertiary/aromatic N) is 4. The highest BCUT2D eigenvalue weighted by Gasteiger charge is 2.34. The van der Waals surface area contributed by atoms with Crippen LogP contribution >= 0.6 is 0 Å². The van der Waals surface area contributed by atoms with Gasteiger partial charge in [-0.3, -0.25) is 14.5 Å². The van der Waals surface area contributed by atoms with Crippen molar-refractivity contribution in [3.8, 4) is 0 Å². The first kappa shape index (κ1) is 21.9. The quantitative estimate of drug-likeness (QED) is 0.757. The van der Waals surface area contributed by atoms with Crippen LogP contribution in [0.3, 0.4) is 0 Å². The van der Waals surface area contributed by atoms with E-state index in [1.165, 1.54) is 24.8 Å². The Morgan fingerprint density at radius 2 is 1.77 bits per heavy atom. The molecule has 2 aliphatic heterocycles. The lowest BCUT2D eigenvalue weighted by molar-refractivity contribution is -0.131. The summed E-state index contributed by atoms with van der Waals surface area (Å²) in [5.41, 5.74) is 3.09. The van der Waals surface area contributed by atoms with Crippen molar-refractivity contribution in [2.75, 3.05) is 40.3 Å². The van der Waals surface area contributed by atoms with E-state index in [-0.39, 0.29) is 11.8 Å². The van der Waals surface area contributed by atoms with Gasteiger partial charge >= 0.3 is 0 Å². The SMILES string of the molecule is Cc1ccc2c(c1)cc(C(=O)N1CCC([C@H]3CCCCN3CC(=O)N(C)C)CC1)n2C. The van der Waals surface area contributed by atoms with Crippen LogP contribution in [-0.4, -0.2) is 77.4 Å². The number of hydrogen-bond donors (Lipinski definition) is 0. The van der Waals surface area contributed by atoms with Gasteiger partial charge < -0.3 is 14.4 Å². The molecular formula is C25H36N4O2. The third-order valence-corrected chi connectivity index (χ3v) is 7.29. The summed E-state index contributed by atoms with van der Waals surface area (Å²) in [6.45, 7) is 5.22. The normalized spacial score (nSPS) is 20.9. The van der Waals surface area contributed by atoms with E-state index in [0.29, 0.717) is 18.5 Å². The lowest BCUT2D eigenvalue weighted by atomic mass is 9.83. The number of likely N-dealkylation sites (tertiary alicyclic amines) is 2. The molecule has 6 nitrogen and oxygen atoms in total. The van der Waals surface area contributed by atoms with Crippen LogP contribution in [0.5, 0.6) is 0 Å². The van der Waals surface area contributed by atoms with Crippen molar-refractivity contribution < 1.29 is 9.59 Å². The highest BCUT2D eigenvalue weighted by atomic mass is 16.2. The molecule has 31 heavy (non-hydrogen) atoms. The molecule has 6 heteroatoms. The maximum Gasteiger partial charge on any atom is 0.270 e. The second kappa shape index (κ2) is 9.03. The molecule has 2 fully saturated rings. The van der Waals surface area contributed by atoms with Gasteiger partial charge in [-0.1, -0.05) is 18.1 Å². The molecule has 0 N–H and O–H groups in total. The summed E-state index contributed by atoms with van der Waals surface area (Å²) in [5.74, 6) is 0.887. The van der Waals surface area contributed by atoms with Gasteiger partial charge in [-0.05, 0) is 63.3 Å². The topological polar surface area (TPSA) is 48.8 Å². The molecule has 1 aromatic heterocycles. The molecule has 0 aliphatic carbocycles. The van der Waals surface area contributed by atoms with Crippen molar-refractivity contribution in [1.82, 2.24) is 19.3 Å². The van der Waals surface area contributed by atoms with Crippen LogP contribution in [0.4, 0.5) is 0 Å². The molecule has 168 valence electrons. The van der Waals surface area contributed by atoms with Crippen LogP contribution in [0, 0.1) is 12.8 Å². The number of piperidine rings is 2. The van der Waals surface area contributed by atoms with Crippen LogP contribution in [-0.2, 0) is 11.8 Å². The van der Waals surface area contributed by atoms with E-state index in [0.717, 1.165) is 49.1 Å². The van der Waals surface area contributed by atoms with Gasteiger partial charge in [0.2, 0.25) is 5.91 Å². The smallest absolute Gasteiger partial charge is 0.270 e. The Morgan fingerprint density at radius 3 is 2.48 bits per heavy atom. The highest BCUT2D eigenvalue weighted by Crippen LogP contribution is 2.31. The van der Waals surface area contributed by atoms with Gasteiger partial charge in [-0.15, -0.1) is 0 Å². The zero-order valence-corrected chi connectivity index (χ0v) is 19.4. The molecule has 0 bridgehead atoms. The summed E-state index contributed by atoms with van der Waals surface area (Å²) >= 11 is 0. The van der Waals surface area contributed by atoms with Crippen molar-refractivity contribution in [2.24, 2.45) is 13.0 Å². The Kier molecular flexibility index (Phi) is 6.37. The van der Waals surface area contributed by atoms with Crippen LogP contribution in [0.15, 0.2) is 24.3 Å². The predicted molar refractivity (Wildman–Crippen MR) is 124 cm³/mol. The van der Waals surface area contributed by atoms with Gasteiger partial charge in [-0.2, -0.15) is 0 Å². The summed E-state index contributed by atoms with van der Waals surface area (Å²) < 4.78 is 2.03. The van der Waals surface area contributed by atoms with E-state index < -0.39 is 0 Å². The molecule has 4 rings (SSSR count). The minimum atomic E-state index is 0.137. The summed E-state index contributed by atoms with van der Waals surface area (Å²) in [4.78, 5) is 31.7. The van der Waals surface area contributed by atoms with Crippen LogP contribution in [0.2, 0.25) is 0 Å². The first-order valence-corrected chi connectivity index (χ1v) is 11.6. The molecule has 2 aliphatic rings. The fourth-order valence-electron chi connectivity index (χ4n) is 5.39. The van der Waals surface area contributed by atoms with Crippen LogP contribution < -0.4 is 0 Å². The van der Waals surface area contributed by atoms with E-state index in [1.54, 1.807) is 4.90 Å². The summed E-state index contributed by atoms with van der Waals surface area (Å²) in [6, 6.07) is 8.84. The van der Waals surface area contributed by atoms with Crippen molar-refractivity contribution in [2.45, 2.75) is 45.1 Å². The first-order chi connectivity index (χ1) is 14.8. The molecule has 2 amide bonds. The number of carbonyl (C=O) groups is 2. The van der Waals surface area contributed by atoms with Gasteiger partial charge in [0.25, 0.3) is 5.91 Å². The molecule has 0 unspecified atom stereocenters. The molecule has 3 heterocycles. The number of rotatable bonds is 4. The fourth-order valence-corrected chi connectivity index (χ4v) is 5.39. The van der Waals surface area contributed by atoms with Gasteiger partial charge in [-0.25, -0.2) is 0 Å². The molecule has 0 radical (unpaired) electrons. The minimum absolute atomic E-state index is 0.137. The van der Waals surface area contributed by atoms with Gasteiger partial charge in [0.1, 0.15) is 5.69 Å². The largest absolute Gasteiger partial charge is 0.348 e. The van der Waals surface area contributed by atoms with Crippen molar-refractivity contribution in [1.29, 1.82) is 0 Å². The number of benzene rings is 1. The molecular weight excluding hydrogens is 388 g/mol. The van der Waals surface area contributed by atoms with E-state index in [1.807, 2.05) is 36.7 Å². The van der Waals surface area contributed by atoms with Crippen molar-refractivity contribution in [3.63, 3.8) is 0 Å². The first-order valence-electron chi connectivity index (χ1n) is 11.6. The maximum atomic E-state index is 13.3. The second-order valence-electron chi connectivity index (χ2n) is 9.60. The number of fused-ring (bicyclic) bond motifs is 1. The summed E-state index contributed by atoms with van der Waals surface area (Å²) in [6.07, 6.45) is 5.63. The van der Waals surface area contributed by atoms with Crippen molar-refractivity contribution >= 4 is 22.7 Å². The van der Waals surface area contributed by atoms with E-state index in [9.17, 15) is 9.59 Å². The number of hydrogen-bond acceptors (Lipinski definition) is 3. The fraction of sp³-hybridized carbons (Fsp3) is 0.600. The molecule has 0 saturated carbocycles. The molecule has 0 spiro atoms. The Balaban J connectivity index is 1.41. The lowest BCUT2D eigenvalue weighted by Crippen LogP contribution is -2.51. The minimum Gasteiger partial charge on any atom is -0.348 e. The average molecular weight is 425 g/mol. The number of aromatic nitrogens is 1. The third-order valence-electron chi connectivity index (χ3n) is 7.29. The molecule has 2 aromatic rings. The number of aryl methyl sites for hydroxylation is 2. The number of amides is 2. The lowest BCUT2D eigenvalue weighted by Gasteiger charge is -2.43. The summed E-state index contributed by atoms with van der Waals surface area (Å²) in [5, 5.41) is 1.13. The van der Waals surface area contributed by atoms with Gasteiger partial charge in [0.05, 0.1) is 6.54 Å². The van der Waals surface area contributed by atoms with E-state index >= 15 is 0 Å². The van der Waals surface area contributed by atoms with Crippen LogP contribution in [0.1, 0.15) is 48.2 Å². The highest BCUT2D eigenvalue weighted by molar-refractivity contribution is 5.98. The molecule has 1 atom stereocenters. The second-order valence-corrected chi connectivity index (χ2v) is 9.60. The Morgan fingerprint density at radius 1 is 1.03 bits per heavy atom. The number of carbonyl (C=O) groups excluding carboxylic acids is 2. The predicted octanol–water partition coefficient (Wildman–Crippen LogP) is 3.28.